The molecule has 0 fully saturated rings. The first kappa shape index (κ1) is 13.6. The smallest absolute Gasteiger partial charge is 0.271 e. The van der Waals surface area contributed by atoms with E-state index in [1.165, 1.54) is 18.3 Å². The first-order valence-electron chi connectivity index (χ1n) is 4.79. The molecule has 18 heavy (non-hydrogen) atoms. The van der Waals surface area contributed by atoms with Crippen molar-refractivity contribution in [2.75, 3.05) is 4.72 Å². The van der Waals surface area contributed by atoms with E-state index in [0.717, 1.165) is 11.3 Å². The van der Waals surface area contributed by atoms with Gasteiger partial charge in [0, 0.05) is 0 Å². The highest BCUT2D eigenvalue weighted by Crippen LogP contribution is 2.28. The first-order valence-corrected chi connectivity index (χ1v) is 7.84. The maximum absolute atomic E-state index is 12.0. The molecule has 2 heterocycles. The van der Waals surface area contributed by atoms with Crippen LogP contribution in [0.4, 0.5) is 5.69 Å². The molecule has 2 rings (SSSR count). The Morgan fingerprint density at radius 2 is 2.06 bits per heavy atom. The van der Waals surface area contributed by atoms with E-state index in [1.54, 1.807) is 13.0 Å². The summed E-state index contributed by atoms with van der Waals surface area (Å²) in [5.74, 6) is 0. The van der Waals surface area contributed by atoms with E-state index in [2.05, 4.69) is 9.71 Å². The summed E-state index contributed by atoms with van der Waals surface area (Å²) in [5.41, 5.74) is 1.09. The minimum atomic E-state index is -3.63. The van der Waals surface area contributed by atoms with Gasteiger partial charge in [0.1, 0.15) is 9.36 Å². The molecule has 0 saturated carbocycles. The van der Waals surface area contributed by atoms with Gasteiger partial charge < -0.3 is 0 Å². The summed E-state index contributed by atoms with van der Waals surface area (Å²) in [6.07, 6.45) is 1.38. The zero-order chi connectivity index (χ0) is 13.3. The summed E-state index contributed by atoms with van der Waals surface area (Å²) in [5, 5.41) is 0.314. The number of sulfonamides is 1. The Bertz CT molecular complexity index is 683. The van der Waals surface area contributed by atoms with E-state index in [4.69, 9.17) is 23.2 Å². The van der Waals surface area contributed by atoms with Crippen molar-refractivity contribution in [2.45, 2.75) is 11.1 Å². The van der Waals surface area contributed by atoms with Gasteiger partial charge in [-0.25, -0.2) is 13.4 Å². The van der Waals surface area contributed by atoms with E-state index in [-0.39, 0.29) is 4.21 Å². The Morgan fingerprint density at radius 1 is 1.33 bits per heavy atom. The molecular weight excluding hydrogens is 315 g/mol. The molecule has 8 heteroatoms. The number of anilines is 1. The molecule has 0 aliphatic carbocycles. The van der Waals surface area contributed by atoms with Crippen LogP contribution in [-0.2, 0) is 10.0 Å². The van der Waals surface area contributed by atoms with Gasteiger partial charge in [-0.15, -0.1) is 11.3 Å². The Balaban J connectivity index is 2.33. The summed E-state index contributed by atoms with van der Waals surface area (Å²) >= 11 is 12.4. The number of nitrogens with one attached hydrogen (secondary N) is 1. The number of rotatable bonds is 3. The first-order chi connectivity index (χ1) is 8.38. The van der Waals surface area contributed by atoms with Crippen LogP contribution in [0.15, 0.2) is 28.6 Å². The fraction of sp³-hybridized carbons (Fsp3) is 0.100. The summed E-state index contributed by atoms with van der Waals surface area (Å²) < 4.78 is 27.1. The molecule has 96 valence electrons. The molecule has 0 atom stereocenters. The van der Waals surface area contributed by atoms with Gasteiger partial charge in [0.25, 0.3) is 10.0 Å². The normalized spacial score (nSPS) is 11.5. The number of aromatic nitrogens is 1. The quantitative estimate of drug-likeness (QED) is 0.879. The van der Waals surface area contributed by atoms with Crippen LogP contribution < -0.4 is 4.72 Å². The third-order valence-corrected chi connectivity index (χ3v) is 5.43. The van der Waals surface area contributed by atoms with Crippen molar-refractivity contribution in [1.82, 2.24) is 4.98 Å². The number of nitrogens with zero attached hydrogens (tertiary/aromatic N) is 1. The summed E-state index contributed by atoms with van der Waals surface area (Å²) in [4.78, 5) is 3.84. The third kappa shape index (κ3) is 2.95. The molecule has 0 saturated heterocycles. The molecule has 0 spiro atoms. The molecular formula is C10H8Cl2N2O2S2. The lowest BCUT2D eigenvalue weighted by molar-refractivity contribution is 0.603. The molecule has 2 aromatic rings. The molecule has 4 nitrogen and oxygen atoms in total. The van der Waals surface area contributed by atoms with Crippen LogP contribution in [0.2, 0.25) is 9.49 Å². The molecule has 1 N–H and O–H groups in total. The van der Waals surface area contributed by atoms with E-state index < -0.39 is 10.0 Å². The summed E-state index contributed by atoms with van der Waals surface area (Å²) in [6, 6.07) is 4.57. The fourth-order valence-electron chi connectivity index (χ4n) is 1.27. The number of hydrogen-bond donors (Lipinski definition) is 1. The maximum atomic E-state index is 12.0. The second-order valence-corrected chi connectivity index (χ2v) is 7.50. The van der Waals surface area contributed by atoms with Crippen LogP contribution in [0.5, 0.6) is 0 Å². The number of thiophene rings is 1. The van der Waals surface area contributed by atoms with E-state index in [1.807, 2.05) is 0 Å². The zero-order valence-corrected chi connectivity index (χ0v) is 12.3. The fourth-order valence-corrected chi connectivity index (χ4v) is 4.08. The molecule has 0 radical (unpaired) electrons. The SMILES string of the molecule is Cc1cc(Cl)ncc1NS(=O)(=O)c1ccc(Cl)s1. The highest BCUT2D eigenvalue weighted by Gasteiger charge is 2.17. The van der Waals surface area contributed by atoms with Crippen molar-refractivity contribution < 1.29 is 8.42 Å². The lowest BCUT2D eigenvalue weighted by atomic mass is 10.3. The van der Waals surface area contributed by atoms with Crippen molar-refractivity contribution in [2.24, 2.45) is 0 Å². The van der Waals surface area contributed by atoms with Crippen LogP contribution in [0, 0.1) is 6.92 Å². The van der Waals surface area contributed by atoms with Crippen molar-refractivity contribution in [3.8, 4) is 0 Å². The second kappa shape index (κ2) is 5.05. The highest BCUT2D eigenvalue weighted by atomic mass is 35.5. The molecule has 2 aromatic heterocycles. The van der Waals surface area contributed by atoms with Crippen LogP contribution in [0.3, 0.4) is 0 Å². The van der Waals surface area contributed by atoms with Crippen molar-refractivity contribution in [1.29, 1.82) is 0 Å². The average molecular weight is 323 g/mol. The number of aryl methyl sites for hydroxylation is 1. The Morgan fingerprint density at radius 3 is 2.61 bits per heavy atom. The highest BCUT2D eigenvalue weighted by molar-refractivity contribution is 7.94. The van der Waals surface area contributed by atoms with Gasteiger partial charge in [-0.05, 0) is 30.7 Å². The van der Waals surface area contributed by atoms with Crippen LogP contribution >= 0.6 is 34.5 Å². The van der Waals surface area contributed by atoms with Crippen molar-refractivity contribution in [3.05, 3.63) is 39.4 Å². The van der Waals surface area contributed by atoms with E-state index in [9.17, 15) is 8.42 Å². The van der Waals surface area contributed by atoms with E-state index >= 15 is 0 Å². The predicted molar refractivity (Wildman–Crippen MR) is 74.1 cm³/mol. The number of halogens is 2. The number of hydrogen-bond acceptors (Lipinski definition) is 4. The van der Waals surface area contributed by atoms with Gasteiger partial charge in [0.15, 0.2) is 0 Å². The molecule has 0 bridgehead atoms. The monoisotopic (exact) mass is 322 g/mol. The van der Waals surface area contributed by atoms with Gasteiger partial charge in [0.05, 0.1) is 16.2 Å². The lowest BCUT2D eigenvalue weighted by Gasteiger charge is -2.08. The van der Waals surface area contributed by atoms with Crippen LogP contribution in [-0.4, -0.2) is 13.4 Å². The Labute approximate surface area is 119 Å². The topological polar surface area (TPSA) is 59.1 Å². The van der Waals surface area contributed by atoms with Gasteiger partial charge in [-0.3, -0.25) is 4.72 Å². The molecule has 0 aromatic carbocycles. The Hall–Kier alpha value is -0.820. The van der Waals surface area contributed by atoms with Gasteiger partial charge >= 0.3 is 0 Å². The van der Waals surface area contributed by atoms with Crippen LogP contribution in [0.1, 0.15) is 5.56 Å². The molecule has 0 unspecified atom stereocenters. The van der Waals surface area contributed by atoms with Gasteiger partial charge in [-0.1, -0.05) is 23.2 Å². The van der Waals surface area contributed by atoms with Gasteiger partial charge in [0.2, 0.25) is 0 Å². The summed E-state index contributed by atoms with van der Waals surface area (Å²) in [6.45, 7) is 1.74. The van der Waals surface area contributed by atoms with Crippen LogP contribution in [0.25, 0.3) is 0 Å². The van der Waals surface area contributed by atoms with Crippen molar-refractivity contribution in [3.63, 3.8) is 0 Å². The minimum Gasteiger partial charge on any atom is -0.277 e. The minimum absolute atomic E-state index is 0.154. The maximum Gasteiger partial charge on any atom is 0.271 e. The largest absolute Gasteiger partial charge is 0.277 e. The van der Waals surface area contributed by atoms with E-state index in [0.29, 0.717) is 20.7 Å². The van der Waals surface area contributed by atoms with Crippen molar-refractivity contribution >= 4 is 50.2 Å². The predicted octanol–water partition coefficient (Wildman–Crippen LogP) is 3.56. The molecule has 0 amide bonds. The van der Waals surface area contributed by atoms with Gasteiger partial charge in [-0.2, -0.15) is 0 Å². The summed E-state index contributed by atoms with van der Waals surface area (Å²) in [7, 11) is -3.63. The lowest BCUT2D eigenvalue weighted by Crippen LogP contribution is -2.12. The average Bonchev–Trinajstić information content (AvgIpc) is 2.70. The Kier molecular flexibility index (Phi) is 3.82. The molecule has 0 aliphatic rings. The third-order valence-electron chi connectivity index (χ3n) is 2.14. The standard InChI is InChI=1S/C10H8Cl2N2O2S2/c1-6-4-8(11)13-5-7(6)14-18(15,16)10-3-2-9(12)17-10/h2-5,14H,1H3. The second-order valence-electron chi connectivity index (χ2n) is 3.49. The zero-order valence-electron chi connectivity index (χ0n) is 9.15. The number of pyridine rings is 1. The molecule has 0 aliphatic heterocycles.